The van der Waals surface area contributed by atoms with E-state index in [1.54, 1.807) is 6.20 Å². The first-order valence-electron chi connectivity index (χ1n) is 13.2. The lowest BCUT2D eigenvalue weighted by Gasteiger charge is -2.29. The second-order valence-corrected chi connectivity index (χ2v) is 10.3. The number of benzene rings is 2. The lowest BCUT2D eigenvalue weighted by molar-refractivity contribution is -0.121. The van der Waals surface area contributed by atoms with Gasteiger partial charge in [-0.3, -0.25) is 4.79 Å². The smallest absolute Gasteiger partial charge is 0.235 e. The molecule has 1 amide bonds. The van der Waals surface area contributed by atoms with Crippen LogP contribution in [-0.4, -0.2) is 46.2 Å². The first-order valence-corrected chi connectivity index (χ1v) is 13.2. The van der Waals surface area contributed by atoms with Crippen LogP contribution in [0.15, 0.2) is 60.8 Å². The lowest BCUT2D eigenvalue weighted by atomic mass is 9.77. The first kappa shape index (κ1) is 25.0. The Morgan fingerprint density at radius 1 is 1.11 bits per heavy atom. The van der Waals surface area contributed by atoms with Gasteiger partial charge >= 0.3 is 0 Å². The molecule has 0 saturated heterocycles. The molecule has 192 valence electrons. The molecule has 5 rings (SSSR count). The number of amides is 1. The van der Waals surface area contributed by atoms with E-state index in [-0.39, 0.29) is 5.91 Å². The summed E-state index contributed by atoms with van der Waals surface area (Å²) in [4.78, 5) is 20.3. The molecule has 37 heavy (non-hydrogen) atoms. The van der Waals surface area contributed by atoms with Gasteiger partial charge in [0.2, 0.25) is 5.91 Å². The molecule has 1 saturated carbocycles. The number of nitrogen functional groups attached to an aromatic ring is 1. The molecule has 4 aromatic rings. The maximum absolute atomic E-state index is 13.7. The maximum Gasteiger partial charge on any atom is 0.235 e. The van der Waals surface area contributed by atoms with Crippen LogP contribution in [0, 0.1) is 0 Å². The molecule has 3 N–H and O–H groups in total. The molecule has 7 heteroatoms. The quantitative estimate of drug-likeness (QED) is 0.348. The summed E-state index contributed by atoms with van der Waals surface area (Å²) in [5, 5.41) is 8.63. The average molecular weight is 497 g/mol. The van der Waals surface area contributed by atoms with Crippen LogP contribution < -0.4 is 11.1 Å². The normalized spacial score (nSPS) is 14.9. The van der Waals surface area contributed by atoms with E-state index in [1.165, 1.54) is 5.56 Å². The summed E-state index contributed by atoms with van der Waals surface area (Å²) >= 11 is 0. The molecule has 0 unspecified atom stereocenters. The van der Waals surface area contributed by atoms with Crippen LogP contribution in [0.3, 0.4) is 0 Å². The number of anilines is 2. The second-order valence-electron chi connectivity index (χ2n) is 10.3. The number of hydrogen-bond donors (Lipinski definition) is 2. The van der Waals surface area contributed by atoms with Crippen LogP contribution in [0.4, 0.5) is 11.5 Å². The van der Waals surface area contributed by atoms with Crippen molar-refractivity contribution >= 4 is 28.4 Å². The van der Waals surface area contributed by atoms with Gasteiger partial charge in [0.1, 0.15) is 0 Å². The van der Waals surface area contributed by atoms with Crippen molar-refractivity contribution in [3.63, 3.8) is 0 Å². The number of fused-ring (bicyclic) bond motifs is 1. The molecule has 1 aliphatic carbocycles. The third-order valence-corrected chi connectivity index (χ3v) is 7.65. The van der Waals surface area contributed by atoms with Gasteiger partial charge in [-0.1, -0.05) is 56.2 Å². The highest BCUT2D eigenvalue weighted by atomic mass is 16.2. The predicted octanol–water partition coefficient (Wildman–Crippen LogP) is 5.26. The number of likely N-dealkylation sites (N-methyl/N-ethyl adjacent to an activating group) is 1. The highest BCUT2D eigenvalue weighted by molar-refractivity contribution is 6.01. The number of rotatable bonds is 8. The Bertz CT molecular complexity index is 1400. The zero-order valence-electron chi connectivity index (χ0n) is 22.0. The van der Waals surface area contributed by atoms with Crippen molar-refractivity contribution in [1.29, 1.82) is 0 Å². The van der Waals surface area contributed by atoms with Crippen molar-refractivity contribution in [3.8, 4) is 11.1 Å². The van der Waals surface area contributed by atoms with Crippen LogP contribution in [0.1, 0.15) is 43.7 Å². The van der Waals surface area contributed by atoms with Crippen molar-refractivity contribution in [3.05, 3.63) is 71.9 Å². The fourth-order valence-electron chi connectivity index (χ4n) is 5.52. The number of carbonyl (C=O) groups is 1. The number of carbonyl (C=O) groups excluding carboxylic acids is 1. The summed E-state index contributed by atoms with van der Waals surface area (Å²) in [5.41, 5.74) is 11.9. The zero-order chi connectivity index (χ0) is 26.0. The third kappa shape index (κ3) is 4.83. The van der Waals surface area contributed by atoms with E-state index >= 15 is 0 Å². The number of nitrogens with one attached hydrogen (secondary N) is 1. The standard InChI is InChI=1S/C30H36N6O/c1-4-21-8-7-9-23(20-21)30(15-5-6-16-30)29(37)33-24-12-10-22(11-13-24)25-14-17-32-28-26(25)27(31)34-36(28)19-18-35(2)3/h7-14,17,20H,4-6,15-16,18-19H2,1-3H3,(H2,31,34)(H,33,37). The molecule has 1 aliphatic rings. The van der Waals surface area contributed by atoms with Crippen molar-refractivity contribution < 1.29 is 4.79 Å². The monoisotopic (exact) mass is 496 g/mol. The summed E-state index contributed by atoms with van der Waals surface area (Å²) in [6.07, 6.45) is 6.68. The fraction of sp³-hybridized carbons (Fsp3) is 0.367. The van der Waals surface area contributed by atoms with E-state index in [0.29, 0.717) is 12.4 Å². The topological polar surface area (TPSA) is 89.1 Å². The Balaban J connectivity index is 1.40. The minimum Gasteiger partial charge on any atom is -0.382 e. The van der Waals surface area contributed by atoms with Crippen LogP contribution in [0.2, 0.25) is 0 Å². The van der Waals surface area contributed by atoms with Crippen LogP contribution in [0.25, 0.3) is 22.2 Å². The Labute approximate surface area is 218 Å². The molecule has 2 heterocycles. The Morgan fingerprint density at radius 3 is 2.57 bits per heavy atom. The second kappa shape index (κ2) is 10.3. The van der Waals surface area contributed by atoms with Crippen molar-refractivity contribution in [2.75, 3.05) is 31.7 Å². The van der Waals surface area contributed by atoms with Gasteiger partial charge in [0.15, 0.2) is 11.5 Å². The molecule has 0 radical (unpaired) electrons. The SMILES string of the molecule is CCc1cccc(C2(C(=O)Nc3ccc(-c4ccnc5c4c(N)nn5CCN(C)C)cc3)CCCC2)c1. The van der Waals surface area contributed by atoms with Gasteiger partial charge in [-0.25, -0.2) is 9.67 Å². The van der Waals surface area contributed by atoms with Gasteiger partial charge in [-0.05, 0) is 73.8 Å². The summed E-state index contributed by atoms with van der Waals surface area (Å²) in [7, 11) is 4.07. The van der Waals surface area contributed by atoms with E-state index in [9.17, 15) is 4.79 Å². The zero-order valence-corrected chi connectivity index (χ0v) is 22.0. The first-order chi connectivity index (χ1) is 17.9. The molecule has 2 aromatic heterocycles. The molecule has 0 bridgehead atoms. The molecule has 1 fully saturated rings. The minimum absolute atomic E-state index is 0.0868. The number of nitrogens with zero attached hydrogens (tertiary/aromatic N) is 4. The average Bonchev–Trinajstić information content (AvgIpc) is 3.54. The van der Waals surface area contributed by atoms with Gasteiger partial charge in [0.25, 0.3) is 0 Å². The molecule has 2 aromatic carbocycles. The molecule has 0 aliphatic heterocycles. The van der Waals surface area contributed by atoms with Crippen molar-refractivity contribution in [2.24, 2.45) is 0 Å². The number of aryl methyl sites for hydroxylation is 1. The van der Waals surface area contributed by atoms with Gasteiger partial charge in [0.05, 0.1) is 17.3 Å². The van der Waals surface area contributed by atoms with Gasteiger partial charge in [-0.15, -0.1) is 0 Å². The fourth-order valence-corrected chi connectivity index (χ4v) is 5.52. The van der Waals surface area contributed by atoms with Crippen molar-refractivity contribution in [2.45, 2.75) is 51.0 Å². The predicted molar refractivity (Wildman–Crippen MR) is 151 cm³/mol. The minimum atomic E-state index is -0.462. The van der Waals surface area contributed by atoms with Gasteiger partial charge < -0.3 is 16.0 Å². The van der Waals surface area contributed by atoms with E-state index in [1.807, 2.05) is 49.1 Å². The summed E-state index contributed by atoms with van der Waals surface area (Å²) in [5.74, 6) is 0.565. The molecule has 0 spiro atoms. The maximum atomic E-state index is 13.7. The summed E-state index contributed by atoms with van der Waals surface area (Å²) in [6.45, 7) is 3.72. The van der Waals surface area contributed by atoms with E-state index in [4.69, 9.17) is 5.73 Å². The van der Waals surface area contributed by atoms with Gasteiger partial charge in [0, 0.05) is 18.4 Å². The van der Waals surface area contributed by atoms with Crippen LogP contribution >= 0.6 is 0 Å². The van der Waals surface area contributed by atoms with Crippen molar-refractivity contribution in [1.82, 2.24) is 19.7 Å². The highest BCUT2D eigenvalue weighted by Crippen LogP contribution is 2.42. The largest absolute Gasteiger partial charge is 0.382 e. The third-order valence-electron chi connectivity index (χ3n) is 7.65. The Morgan fingerprint density at radius 2 is 1.86 bits per heavy atom. The summed E-state index contributed by atoms with van der Waals surface area (Å²) < 4.78 is 1.87. The number of nitrogens with two attached hydrogens (primary N) is 1. The molecular formula is C30H36N6O. The molecule has 0 atom stereocenters. The highest BCUT2D eigenvalue weighted by Gasteiger charge is 2.42. The molecule has 7 nitrogen and oxygen atoms in total. The van der Waals surface area contributed by atoms with Gasteiger partial charge in [-0.2, -0.15) is 5.10 Å². The van der Waals surface area contributed by atoms with E-state index in [2.05, 4.69) is 51.5 Å². The van der Waals surface area contributed by atoms with E-state index in [0.717, 1.165) is 72.1 Å². The number of pyridine rings is 1. The lowest BCUT2D eigenvalue weighted by Crippen LogP contribution is -2.38. The number of aromatic nitrogens is 3. The van der Waals surface area contributed by atoms with E-state index < -0.39 is 5.41 Å². The van der Waals surface area contributed by atoms with Crippen LogP contribution in [0.5, 0.6) is 0 Å². The van der Waals surface area contributed by atoms with Crippen LogP contribution in [-0.2, 0) is 23.2 Å². The number of hydrogen-bond acceptors (Lipinski definition) is 5. The summed E-state index contributed by atoms with van der Waals surface area (Å²) in [6, 6.07) is 18.5. The Kier molecular flexibility index (Phi) is 6.98. The molecular weight excluding hydrogens is 460 g/mol. The Hall–Kier alpha value is -3.71.